The first-order valence-corrected chi connectivity index (χ1v) is 9.89. The van der Waals surface area contributed by atoms with Crippen LogP contribution in [0.25, 0.3) is 10.8 Å². The van der Waals surface area contributed by atoms with E-state index in [1.165, 1.54) is 24.3 Å². The molecule has 0 bridgehead atoms. The summed E-state index contributed by atoms with van der Waals surface area (Å²) in [5.74, 6) is -1.48. The highest BCUT2D eigenvalue weighted by Crippen LogP contribution is 2.15. The van der Waals surface area contributed by atoms with Crippen molar-refractivity contribution >= 4 is 38.2 Å². The minimum Gasteiger partial charge on any atom is -0.451 e. The number of nitrogens with one attached hydrogen (secondary N) is 2. The lowest BCUT2D eigenvalue weighted by Crippen LogP contribution is -2.22. The molecule has 2 N–H and O–H groups in total. The van der Waals surface area contributed by atoms with Crippen LogP contribution in [0.1, 0.15) is 10.5 Å². The molecule has 1 heterocycles. The van der Waals surface area contributed by atoms with Crippen molar-refractivity contribution in [1.29, 1.82) is 0 Å². The molecule has 28 heavy (non-hydrogen) atoms. The number of ether oxygens (including phenoxy) is 1. The van der Waals surface area contributed by atoms with Gasteiger partial charge in [0.1, 0.15) is 0 Å². The maximum Gasteiger partial charge on any atom is 0.359 e. The topological polar surface area (TPSA) is 135 Å². The van der Waals surface area contributed by atoms with Crippen LogP contribution in [0.5, 0.6) is 0 Å². The van der Waals surface area contributed by atoms with Gasteiger partial charge in [0.25, 0.3) is 11.5 Å². The van der Waals surface area contributed by atoms with Crippen molar-refractivity contribution in [2.24, 2.45) is 0 Å². The molecule has 3 aromatic rings. The van der Waals surface area contributed by atoms with E-state index in [1.54, 1.807) is 24.3 Å². The lowest BCUT2D eigenvalue weighted by atomic mass is 10.1. The molecule has 0 fully saturated rings. The van der Waals surface area contributed by atoms with E-state index in [1.807, 2.05) is 0 Å². The zero-order valence-electron chi connectivity index (χ0n) is 14.6. The molecule has 2 aromatic carbocycles. The summed E-state index contributed by atoms with van der Waals surface area (Å²) in [6.07, 6.45) is 1.08. The predicted molar refractivity (Wildman–Crippen MR) is 101 cm³/mol. The molecule has 9 nitrogen and oxygen atoms in total. The molecule has 10 heteroatoms. The quantitative estimate of drug-likeness (QED) is 0.612. The summed E-state index contributed by atoms with van der Waals surface area (Å²) in [5, 5.41) is 8.99. The molecule has 0 aliphatic rings. The van der Waals surface area contributed by atoms with Gasteiger partial charge < -0.3 is 10.1 Å². The van der Waals surface area contributed by atoms with Gasteiger partial charge in [-0.2, -0.15) is 5.10 Å². The maximum atomic E-state index is 12.2. The number of esters is 1. The first-order valence-electron chi connectivity index (χ1n) is 8.00. The average molecular weight is 401 g/mol. The summed E-state index contributed by atoms with van der Waals surface area (Å²) < 4.78 is 27.8. The van der Waals surface area contributed by atoms with Gasteiger partial charge in [-0.1, -0.05) is 18.2 Å². The van der Waals surface area contributed by atoms with Crippen LogP contribution >= 0.6 is 0 Å². The molecule has 3 rings (SSSR count). The number of sulfone groups is 1. The lowest BCUT2D eigenvalue weighted by molar-refractivity contribution is -0.119. The van der Waals surface area contributed by atoms with Gasteiger partial charge in [0.2, 0.25) is 0 Å². The van der Waals surface area contributed by atoms with Crippen LogP contribution in [0.3, 0.4) is 0 Å². The standard InChI is InChI=1S/C18H15N3O6S/c1-28(25,26)12-8-6-11(7-9-12)19-15(22)10-27-18(24)16-13-4-2-3-5-14(13)17(23)21-20-16/h2-9H,10H2,1H3,(H,19,22)(H,21,23). The van der Waals surface area contributed by atoms with Crippen LogP contribution in [-0.2, 0) is 19.4 Å². The van der Waals surface area contributed by atoms with Crippen molar-refractivity contribution < 1.29 is 22.7 Å². The molecule has 1 aromatic heterocycles. The Balaban J connectivity index is 1.66. The van der Waals surface area contributed by atoms with E-state index in [2.05, 4.69) is 15.5 Å². The highest BCUT2D eigenvalue weighted by Gasteiger charge is 2.17. The Labute approximate surface area is 159 Å². The number of carbonyl (C=O) groups excluding carboxylic acids is 2. The van der Waals surface area contributed by atoms with Crippen molar-refractivity contribution in [3.8, 4) is 0 Å². The number of anilines is 1. The Hall–Kier alpha value is -3.53. The molecule has 0 atom stereocenters. The number of amides is 1. The maximum absolute atomic E-state index is 12.2. The van der Waals surface area contributed by atoms with Gasteiger partial charge in [-0.15, -0.1) is 0 Å². The van der Waals surface area contributed by atoms with Crippen molar-refractivity contribution in [3.63, 3.8) is 0 Å². The van der Waals surface area contributed by atoms with E-state index in [4.69, 9.17) is 4.74 Å². The van der Waals surface area contributed by atoms with Gasteiger partial charge in [0, 0.05) is 17.3 Å². The second-order valence-electron chi connectivity index (χ2n) is 5.87. The van der Waals surface area contributed by atoms with Crippen molar-refractivity contribution in [3.05, 3.63) is 64.6 Å². The van der Waals surface area contributed by atoms with Crippen LogP contribution in [0.2, 0.25) is 0 Å². The highest BCUT2D eigenvalue weighted by molar-refractivity contribution is 7.90. The Bertz CT molecular complexity index is 1220. The van der Waals surface area contributed by atoms with Gasteiger partial charge in [0.15, 0.2) is 22.1 Å². The van der Waals surface area contributed by atoms with Gasteiger partial charge in [0.05, 0.1) is 10.3 Å². The highest BCUT2D eigenvalue weighted by atomic mass is 32.2. The molecule has 0 aliphatic carbocycles. The number of rotatable bonds is 5. The Kier molecular flexibility index (Phi) is 5.23. The summed E-state index contributed by atoms with van der Waals surface area (Å²) >= 11 is 0. The van der Waals surface area contributed by atoms with Crippen LogP contribution in [0.15, 0.2) is 58.2 Å². The van der Waals surface area contributed by atoms with Crippen LogP contribution in [-0.4, -0.2) is 43.4 Å². The largest absolute Gasteiger partial charge is 0.451 e. The lowest BCUT2D eigenvalue weighted by Gasteiger charge is -2.08. The third-order valence-electron chi connectivity index (χ3n) is 3.79. The van der Waals surface area contributed by atoms with Gasteiger partial charge >= 0.3 is 5.97 Å². The average Bonchev–Trinajstić information content (AvgIpc) is 2.66. The van der Waals surface area contributed by atoms with Crippen LogP contribution in [0, 0.1) is 0 Å². The minimum absolute atomic E-state index is 0.111. The molecule has 0 spiro atoms. The monoisotopic (exact) mass is 401 g/mol. The minimum atomic E-state index is -3.34. The molecule has 1 amide bonds. The number of H-pyrrole nitrogens is 1. The van der Waals surface area contributed by atoms with Crippen LogP contribution < -0.4 is 10.9 Å². The van der Waals surface area contributed by atoms with E-state index in [9.17, 15) is 22.8 Å². The number of hydrogen-bond acceptors (Lipinski definition) is 7. The molecular formula is C18H15N3O6S. The third kappa shape index (κ3) is 4.23. The van der Waals surface area contributed by atoms with E-state index >= 15 is 0 Å². The Morgan fingerprint density at radius 2 is 1.71 bits per heavy atom. The fraction of sp³-hybridized carbons (Fsp3) is 0.111. The number of aromatic amines is 1. The predicted octanol–water partition coefficient (Wildman–Crippen LogP) is 1.12. The van der Waals surface area contributed by atoms with Gasteiger partial charge in [-0.25, -0.2) is 18.3 Å². The van der Waals surface area contributed by atoms with E-state index in [0.29, 0.717) is 11.1 Å². The second-order valence-corrected chi connectivity index (χ2v) is 7.88. The smallest absolute Gasteiger partial charge is 0.359 e. The van der Waals surface area contributed by atoms with Gasteiger partial charge in [-0.05, 0) is 30.3 Å². The summed E-state index contributed by atoms with van der Waals surface area (Å²) in [7, 11) is -3.34. The number of nitrogens with zero attached hydrogens (tertiary/aromatic N) is 1. The molecule has 144 valence electrons. The zero-order valence-corrected chi connectivity index (χ0v) is 15.4. The molecule has 0 aliphatic heterocycles. The van der Waals surface area contributed by atoms with Crippen molar-refractivity contribution in [2.75, 3.05) is 18.2 Å². The number of carbonyl (C=O) groups is 2. The molecule has 0 saturated carbocycles. The fourth-order valence-corrected chi connectivity index (χ4v) is 3.08. The Morgan fingerprint density at radius 3 is 2.36 bits per heavy atom. The second kappa shape index (κ2) is 7.61. The number of hydrogen-bond donors (Lipinski definition) is 2. The molecular weight excluding hydrogens is 386 g/mol. The van der Waals surface area contributed by atoms with E-state index in [0.717, 1.165) is 6.26 Å². The SMILES string of the molecule is CS(=O)(=O)c1ccc(NC(=O)COC(=O)c2n[nH]c(=O)c3ccccc23)cc1. The number of fused-ring (bicyclic) bond motifs is 1. The van der Waals surface area contributed by atoms with Crippen molar-refractivity contribution in [2.45, 2.75) is 4.90 Å². The fourth-order valence-electron chi connectivity index (χ4n) is 2.45. The summed E-state index contributed by atoms with van der Waals surface area (Å²) in [6, 6.07) is 11.9. The van der Waals surface area contributed by atoms with E-state index < -0.39 is 33.9 Å². The summed E-state index contributed by atoms with van der Waals surface area (Å²) in [4.78, 5) is 36.0. The van der Waals surface area contributed by atoms with Crippen molar-refractivity contribution in [1.82, 2.24) is 10.2 Å². The van der Waals surface area contributed by atoms with E-state index in [-0.39, 0.29) is 16.0 Å². The Morgan fingerprint density at radius 1 is 1.07 bits per heavy atom. The number of aromatic nitrogens is 2. The number of benzene rings is 2. The molecule has 0 radical (unpaired) electrons. The zero-order chi connectivity index (χ0) is 20.3. The molecule has 0 unspecified atom stereocenters. The normalized spacial score (nSPS) is 11.2. The van der Waals surface area contributed by atoms with Gasteiger partial charge in [-0.3, -0.25) is 9.59 Å². The van der Waals surface area contributed by atoms with Crippen LogP contribution in [0.4, 0.5) is 5.69 Å². The molecule has 0 saturated heterocycles. The third-order valence-corrected chi connectivity index (χ3v) is 4.92. The summed E-state index contributed by atoms with van der Waals surface area (Å²) in [5.41, 5.74) is -0.205. The first kappa shape index (κ1) is 19.2. The summed E-state index contributed by atoms with van der Waals surface area (Å²) in [6.45, 7) is -0.582. The first-order chi connectivity index (χ1) is 13.3.